The Morgan fingerprint density at radius 2 is 2.07 bits per heavy atom. The van der Waals surface area contributed by atoms with E-state index >= 15 is 0 Å². The molecule has 146 valence electrons. The van der Waals surface area contributed by atoms with E-state index < -0.39 is 0 Å². The van der Waals surface area contributed by atoms with Gasteiger partial charge in [0.15, 0.2) is 0 Å². The molecule has 1 aromatic carbocycles. The summed E-state index contributed by atoms with van der Waals surface area (Å²) < 4.78 is 6.23. The number of hydrogen-bond acceptors (Lipinski definition) is 5. The number of benzene rings is 1. The van der Waals surface area contributed by atoms with E-state index in [1.54, 1.807) is 6.92 Å². The van der Waals surface area contributed by atoms with E-state index in [9.17, 15) is 9.59 Å². The van der Waals surface area contributed by atoms with E-state index in [0.717, 1.165) is 34.9 Å². The molecule has 1 atom stereocenters. The van der Waals surface area contributed by atoms with Gasteiger partial charge in [-0.2, -0.15) is 0 Å². The van der Waals surface area contributed by atoms with Gasteiger partial charge in [0, 0.05) is 15.0 Å². The molecule has 1 aliphatic carbocycles. The zero-order valence-corrected chi connectivity index (χ0v) is 18.0. The second-order valence-corrected chi connectivity index (χ2v) is 9.51. The fourth-order valence-corrected chi connectivity index (χ4v) is 6.38. The third-order valence-corrected chi connectivity index (χ3v) is 7.80. The molecule has 0 fully saturated rings. The summed E-state index contributed by atoms with van der Waals surface area (Å²) in [6, 6.07) is 7.67. The molecule has 1 N–H and O–H groups in total. The number of ether oxygens (including phenoxy) is 1. The van der Waals surface area contributed by atoms with Crippen LogP contribution in [-0.4, -0.2) is 18.5 Å². The molecule has 7 heteroatoms. The Balaban J connectivity index is 1.71. The van der Waals surface area contributed by atoms with E-state index in [2.05, 4.69) is 12.2 Å². The van der Waals surface area contributed by atoms with Crippen molar-refractivity contribution >= 4 is 61.2 Å². The Morgan fingerprint density at radius 1 is 1.29 bits per heavy atom. The van der Waals surface area contributed by atoms with Crippen molar-refractivity contribution < 1.29 is 14.3 Å². The second-order valence-electron chi connectivity index (χ2n) is 6.97. The Kier molecular flexibility index (Phi) is 5.45. The summed E-state index contributed by atoms with van der Waals surface area (Å²) in [7, 11) is 0. The molecule has 2 aromatic heterocycles. The Bertz CT molecular complexity index is 1070. The van der Waals surface area contributed by atoms with Crippen LogP contribution in [0.25, 0.3) is 10.1 Å². The minimum absolute atomic E-state index is 0.289. The summed E-state index contributed by atoms with van der Waals surface area (Å²) in [4.78, 5) is 27.2. The van der Waals surface area contributed by atoms with Crippen molar-refractivity contribution in [3.05, 3.63) is 50.2 Å². The van der Waals surface area contributed by atoms with Crippen LogP contribution in [-0.2, 0) is 17.6 Å². The molecule has 0 radical (unpaired) electrons. The van der Waals surface area contributed by atoms with Gasteiger partial charge in [0.2, 0.25) is 0 Å². The smallest absolute Gasteiger partial charge is 0.341 e. The van der Waals surface area contributed by atoms with Crippen molar-refractivity contribution in [2.24, 2.45) is 5.92 Å². The number of hydrogen-bond donors (Lipinski definition) is 1. The SMILES string of the molecule is CCOC(=O)c1c(NC(=O)c2sc3ccccc3c2Cl)sc2c1CC[C@H](C)C2. The highest BCUT2D eigenvalue weighted by Gasteiger charge is 2.30. The third kappa shape index (κ3) is 3.45. The van der Waals surface area contributed by atoms with Crippen LogP contribution in [0, 0.1) is 5.92 Å². The molecule has 28 heavy (non-hydrogen) atoms. The van der Waals surface area contributed by atoms with Gasteiger partial charge in [-0.1, -0.05) is 36.7 Å². The maximum atomic E-state index is 13.0. The molecular weight excluding hydrogens is 414 g/mol. The first-order chi connectivity index (χ1) is 13.5. The van der Waals surface area contributed by atoms with Gasteiger partial charge < -0.3 is 10.1 Å². The van der Waals surface area contributed by atoms with E-state index in [-0.39, 0.29) is 11.9 Å². The lowest BCUT2D eigenvalue weighted by Crippen LogP contribution is -2.16. The van der Waals surface area contributed by atoms with Gasteiger partial charge in [-0.15, -0.1) is 22.7 Å². The van der Waals surface area contributed by atoms with Crippen LogP contribution in [0.1, 0.15) is 50.7 Å². The molecule has 4 nitrogen and oxygen atoms in total. The number of fused-ring (bicyclic) bond motifs is 2. The van der Waals surface area contributed by atoms with Gasteiger partial charge in [-0.3, -0.25) is 4.79 Å². The van der Waals surface area contributed by atoms with Gasteiger partial charge in [-0.05, 0) is 43.7 Å². The second kappa shape index (κ2) is 7.85. The third-order valence-electron chi connectivity index (χ3n) is 4.96. The Labute approximate surface area is 176 Å². The van der Waals surface area contributed by atoms with E-state index in [4.69, 9.17) is 16.3 Å². The maximum Gasteiger partial charge on any atom is 0.341 e. The number of halogens is 1. The number of carbonyl (C=O) groups is 2. The van der Waals surface area contributed by atoms with E-state index in [0.29, 0.717) is 33.0 Å². The first kappa shape index (κ1) is 19.4. The molecule has 1 aliphatic rings. The van der Waals surface area contributed by atoms with Crippen LogP contribution in [0.4, 0.5) is 5.00 Å². The zero-order valence-electron chi connectivity index (χ0n) is 15.6. The van der Waals surface area contributed by atoms with Crippen molar-refractivity contribution in [3.8, 4) is 0 Å². The minimum Gasteiger partial charge on any atom is -0.462 e. The zero-order chi connectivity index (χ0) is 19.8. The molecule has 2 heterocycles. The fourth-order valence-electron chi connectivity index (χ4n) is 3.58. The van der Waals surface area contributed by atoms with Gasteiger partial charge >= 0.3 is 5.97 Å². The molecule has 4 rings (SSSR count). The maximum absolute atomic E-state index is 13.0. The van der Waals surface area contributed by atoms with Crippen LogP contribution >= 0.6 is 34.3 Å². The van der Waals surface area contributed by atoms with Gasteiger partial charge in [0.25, 0.3) is 5.91 Å². The highest BCUT2D eigenvalue weighted by atomic mass is 35.5. The summed E-state index contributed by atoms with van der Waals surface area (Å²) in [5, 5.41) is 4.83. The number of thiophene rings is 2. The van der Waals surface area contributed by atoms with Gasteiger partial charge in [-0.25, -0.2) is 4.79 Å². The summed E-state index contributed by atoms with van der Waals surface area (Å²) >= 11 is 9.29. The minimum atomic E-state index is -0.368. The molecule has 3 aromatic rings. The molecule has 0 bridgehead atoms. The van der Waals surface area contributed by atoms with Crippen molar-refractivity contribution in [2.45, 2.75) is 33.1 Å². The number of anilines is 1. The van der Waals surface area contributed by atoms with Crippen molar-refractivity contribution in [3.63, 3.8) is 0 Å². The molecule has 0 aliphatic heterocycles. The molecule has 0 spiro atoms. The number of esters is 1. The topological polar surface area (TPSA) is 55.4 Å². The highest BCUT2D eigenvalue weighted by molar-refractivity contribution is 7.22. The first-order valence-corrected chi connectivity index (χ1v) is 11.3. The van der Waals surface area contributed by atoms with Crippen LogP contribution in [0.3, 0.4) is 0 Å². The predicted molar refractivity (Wildman–Crippen MR) is 116 cm³/mol. The van der Waals surface area contributed by atoms with Crippen molar-refractivity contribution in [1.82, 2.24) is 0 Å². The summed E-state index contributed by atoms with van der Waals surface area (Å²) in [6.07, 6.45) is 2.79. The van der Waals surface area contributed by atoms with Crippen LogP contribution in [0.5, 0.6) is 0 Å². The summed E-state index contributed by atoms with van der Waals surface area (Å²) in [5.74, 6) is -0.0857. The largest absolute Gasteiger partial charge is 0.462 e. The van der Waals surface area contributed by atoms with Crippen molar-refractivity contribution in [1.29, 1.82) is 0 Å². The monoisotopic (exact) mass is 433 g/mol. The lowest BCUT2D eigenvalue weighted by atomic mass is 9.88. The Morgan fingerprint density at radius 3 is 2.82 bits per heavy atom. The number of nitrogens with one attached hydrogen (secondary N) is 1. The molecule has 0 saturated heterocycles. The highest BCUT2D eigenvalue weighted by Crippen LogP contribution is 2.41. The summed E-state index contributed by atoms with van der Waals surface area (Å²) in [5.41, 5.74) is 1.54. The predicted octanol–water partition coefficient (Wildman–Crippen LogP) is 6.17. The average molecular weight is 434 g/mol. The fraction of sp³-hybridized carbons (Fsp3) is 0.333. The standard InChI is InChI=1S/C21H20ClNO3S2/c1-3-26-21(25)16-12-9-8-11(2)10-15(12)28-20(16)23-19(24)18-17(22)13-6-4-5-7-14(13)27-18/h4-7,11H,3,8-10H2,1-2H3,(H,23,24)/t11-/m0/s1. The normalized spacial score (nSPS) is 16.0. The van der Waals surface area contributed by atoms with Gasteiger partial charge in [0.1, 0.15) is 9.88 Å². The number of carbonyl (C=O) groups excluding carboxylic acids is 2. The quantitative estimate of drug-likeness (QED) is 0.500. The molecule has 0 unspecified atom stereocenters. The lowest BCUT2D eigenvalue weighted by molar-refractivity contribution is 0.0526. The van der Waals surface area contributed by atoms with Gasteiger partial charge in [0.05, 0.1) is 17.2 Å². The van der Waals surface area contributed by atoms with E-state index in [1.165, 1.54) is 27.6 Å². The van der Waals surface area contributed by atoms with Crippen LogP contribution in [0.15, 0.2) is 24.3 Å². The van der Waals surface area contributed by atoms with Crippen LogP contribution in [0.2, 0.25) is 5.02 Å². The molecule has 0 saturated carbocycles. The lowest BCUT2D eigenvalue weighted by Gasteiger charge is -2.18. The average Bonchev–Trinajstić information content (AvgIpc) is 3.19. The van der Waals surface area contributed by atoms with Crippen LogP contribution < -0.4 is 5.32 Å². The number of rotatable bonds is 4. The van der Waals surface area contributed by atoms with Crippen molar-refractivity contribution in [2.75, 3.05) is 11.9 Å². The summed E-state index contributed by atoms with van der Waals surface area (Å²) in [6.45, 7) is 4.30. The first-order valence-electron chi connectivity index (χ1n) is 9.29. The molecular formula is C21H20ClNO3S2. The van der Waals surface area contributed by atoms with E-state index in [1.807, 2.05) is 24.3 Å². The molecule has 1 amide bonds. The number of amides is 1. The Hall–Kier alpha value is -1.89.